The lowest BCUT2D eigenvalue weighted by Gasteiger charge is -2.04. The lowest BCUT2D eigenvalue weighted by atomic mass is 10.2. The molecule has 25 heavy (non-hydrogen) atoms. The Balaban J connectivity index is 1.51. The summed E-state index contributed by atoms with van der Waals surface area (Å²) in [7, 11) is 0. The molecule has 0 aliphatic carbocycles. The number of nitrogens with zero attached hydrogens (tertiary/aromatic N) is 2. The van der Waals surface area contributed by atoms with E-state index >= 15 is 0 Å². The number of halogens is 2. The quantitative estimate of drug-likeness (QED) is 0.626. The fourth-order valence-corrected chi connectivity index (χ4v) is 3.04. The van der Waals surface area contributed by atoms with Gasteiger partial charge in [0, 0.05) is 22.9 Å². The van der Waals surface area contributed by atoms with Gasteiger partial charge in [-0.05, 0) is 30.3 Å². The number of aromatic amines is 1. The minimum atomic E-state index is -0.365. The van der Waals surface area contributed by atoms with Gasteiger partial charge in [-0.15, -0.1) is 5.10 Å². The molecule has 2 aromatic carbocycles. The minimum Gasteiger partial charge on any atom is -0.326 e. The Morgan fingerprint density at radius 3 is 2.88 bits per heavy atom. The van der Waals surface area contributed by atoms with Gasteiger partial charge in [-0.2, -0.15) is 0 Å². The van der Waals surface area contributed by atoms with Crippen molar-refractivity contribution in [1.82, 2.24) is 15.2 Å². The molecule has 1 amide bonds. The Bertz CT molecular complexity index is 886. The number of carbonyl (C=O) groups is 1. The predicted molar refractivity (Wildman–Crippen MR) is 97.2 cm³/mol. The monoisotopic (exact) mass is 376 g/mol. The number of anilines is 1. The number of nitrogens with one attached hydrogen (secondary N) is 2. The summed E-state index contributed by atoms with van der Waals surface area (Å²) in [5.41, 5.74) is 1.02. The molecule has 0 saturated heterocycles. The molecule has 0 spiro atoms. The van der Waals surface area contributed by atoms with Gasteiger partial charge < -0.3 is 5.32 Å². The van der Waals surface area contributed by atoms with Crippen LogP contribution >= 0.6 is 23.4 Å². The van der Waals surface area contributed by atoms with Gasteiger partial charge in [-0.3, -0.25) is 9.89 Å². The van der Waals surface area contributed by atoms with Crippen LogP contribution in [0.4, 0.5) is 10.1 Å². The third-order valence-electron chi connectivity index (χ3n) is 3.26. The zero-order valence-corrected chi connectivity index (χ0v) is 14.6. The Morgan fingerprint density at radius 1 is 1.24 bits per heavy atom. The van der Waals surface area contributed by atoms with Crippen molar-refractivity contribution >= 4 is 35.0 Å². The summed E-state index contributed by atoms with van der Waals surface area (Å²) in [5, 5.41) is 10.5. The van der Waals surface area contributed by atoms with Crippen LogP contribution in [0, 0.1) is 5.82 Å². The molecule has 128 valence electrons. The van der Waals surface area contributed by atoms with Crippen molar-refractivity contribution in [1.29, 1.82) is 0 Å². The highest BCUT2D eigenvalue weighted by atomic mass is 35.5. The molecule has 3 rings (SSSR count). The van der Waals surface area contributed by atoms with Crippen LogP contribution < -0.4 is 5.32 Å². The van der Waals surface area contributed by atoms with Crippen LogP contribution in [0.3, 0.4) is 0 Å². The summed E-state index contributed by atoms with van der Waals surface area (Å²) in [4.78, 5) is 16.2. The predicted octanol–water partition coefficient (Wildman–Crippen LogP) is 4.39. The molecule has 0 radical (unpaired) electrons. The highest BCUT2D eigenvalue weighted by molar-refractivity contribution is 7.99. The molecular weight excluding hydrogens is 363 g/mol. The van der Waals surface area contributed by atoms with Crippen molar-refractivity contribution in [2.24, 2.45) is 0 Å². The molecular formula is C17H14ClFN4OS. The minimum absolute atomic E-state index is 0.125. The van der Waals surface area contributed by atoms with Crippen molar-refractivity contribution < 1.29 is 9.18 Å². The molecule has 0 unspecified atom stereocenters. The van der Waals surface area contributed by atoms with E-state index in [9.17, 15) is 9.18 Å². The second-order valence-corrected chi connectivity index (χ2v) is 6.60. The van der Waals surface area contributed by atoms with E-state index in [1.165, 1.54) is 17.8 Å². The van der Waals surface area contributed by atoms with E-state index in [-0.39, 0.29) is 11.7 Å². The number of hydrogen-bond donors (Lipinski definition) is 2. The van der Waals surface area contributed by atoms with Crippen LogP contribution in [0.2, 0.25) is 5.02 Å². The molecule has 0 atom stereocenters. The van der Waals surface area contributed by atoms with Crippen molar-refractivity contribution in [2.45, 2.75) is 11.6 Å². The standard InChI is InChI=1S/C17H14ClFN4OS/c18-11-4-3-5-12(10-11)20-15(24)8-9-25-17-21-16(22-23-17)13-6-1-2-7-14(13)19/h1-7,10H,8-9H2,(H,20,24)(H,21,22,23). The first-order valence-electron chi connectivity index (χ1n) is 7.47. The third-order valence-corrected chi connectivity index (χ3v) is 4.35. The van der Waals surface area contributed by atoms with Crippen molar-refractivity contribution in [2.75, 3.05) is 11.1 Å². The van der Waals surface area contributed by atoms with Gasteiger partial charge in [0.25, 0.3) is 0 Å². The summed E-state index contributed by atoms with van der Waals surface area (Å²) in [6.45, 7) is 0. The highest BCUT2D eigenvalue weighted by Gasteiger charge is 2.11. The van der Waals surface area contributed by atoms with E-state index in [4.69, 9.17) is 11.6 Å². The van der Waals surface area contributed by atoms with Crippen molar-refractivity contribution in [3.63, 3.8) is 0 Å². The van der Waals surface area contributed by atoms with Gasteiger partial charge in [0.2, 0.25) is 11.1 Å². The first-order valence-corrected chi connectivity index (χ1v) is 8.84. The summed E-state index contributed by atoms with van der Waals surface area (Å²) in [6.07, 6.45) is 0.292. The fourth-order valence-electron chi connectivity index (χ4n) is 2.11. The van der Waals surface area contributed by atoms with E-state index in [0.717, 1.165) is 0 Å². The zero-order valence-electron chi connectivity index (χ0n) is 13.0. The van der Waals surface area contributed by atoms with Gasteiger partial charge >= 0.3 is 0 Å². The van der Waals surface area contributed by atoms with Crippen LogP contribution in [0.1, 0.15) is 6.42 Å². The Labute approximate surface area is 153 Å². The van der Waals surface area contributed by atoms with E-state index in [1.807, 2.05) is 0 Å². The molecule has 5 nitrogen and oxygen atoms in total. The van der Waals surface area contributed by atoms with Crippen LogP contribution in [0.5, 0.6) is 0 Å². The first-order chi connectivity index (χ1) is 12.1. The van der Waals surface area contributed by atoms with Gasteiger partial charge in [-0.1, -0.05) is 41.6 Å². The summed E-state index contributed by atoms with van der Waals surface area (Å²) in [6, 6.07) is 13.3. The number of amides is 1. The van der Waals surface area contributed by atoms with Crippen molar-refractivity contribution in [3.8, 4) is 11.4 Å². The van der Waals surface area contributed by atoms with E-state index in [0.29, 0.717) is 39.4 Å². The Kier molecular flexibility index (Phi) is 5.67. The SMILES string of the molecule is O=C(CCSc1n[nH]c(-c2ccccc2F)n1)Nc1cccc(Cl)c1. The lowest BCUT2D eigenvalue weighted by molar-refractivity contribution is -0.115. The molecule has 2 N–H and O–H groups in total. The first kappa shape index (κ1) is 17.4. The normalized spacial score (nSPS) is 10.6. The number of rotatable bonds is 6. The number of benzene rings is 2. The van der Waals surface area contributed by atoms with Gasteiger partial charge in [0.05, 0.1) is 5.56 Å². The third kappa shape index (κ3) is 4.80. The van der Waals surface area contributed by atoms with E-state index < -0.39 is 0 Å². The Morgan fingerprint density at radius 2 is 2.08 bits per heavy atom. The second kappa shape index (κ2) is 8.13. The summed E-state index contributed by atoms with van der Waals surface area (Å²) >= 11 is 7.20. The number of thioether (sulfide) groups is 1. The van der Waals surface area contributed by atoms with E-state index in [2.05, 4.69) is 20.5 Å². The topological polar surface area (TPSA) is 70.7 Å². The lowest BCUT2D eigenvalue weighted by Crippen LogP contribution is -2.12. The number of hydrogen-bond acceptors (Lipinski definition) is 4. The summed E-state index contributed by atoms with van der Waals surface area (Å²) in [5.74, 6) is 0.376. The van der Waals surface area contributed by atoms with Crippen molar-refractivity contribution in [3.05, 3.63) is 59.4 Å². The molecule has 3 aromatic rings. The largest absolute Gasteiger partial charge is 0.326 e. The second-order valence-electron chi connectivity index (χ2n) is 5.10. The van der Waals surface area contributed by atoms with Crippen LogP contribution in [0.15, 0.2) is 53.7 Å². The maximum absolute atomic E-state index is 13.7. The molecule has 0 aliphatic heterocycles. The molecule has 8 heteroatoms. The number of carbonyl (C=O) groups excluding carboxylic acids is 1. The average molecular weight is 377 g/mol. The van der Waals surface area contributed by atoms with Gasteiger partial charge in [0.1, 0.15) is 5.82 Å². The van der Waals surface area contributed by atoms with Gasteiger partial charge in [0.15, 0.2) is 5.82 Å². The summed E-state index contributed by atoms with van der Waals surface area (Å²) < 4.78 is 13.7. The van der Waals surface area contributed by atoms with Crippen LogP contribution in [-0.2, 0) is 4.79 Å². The zero-order chi connectivity index (χ0) is 17.6. The number of H-pyrrole nitrogens is 1. The Hall–Kier alpha value is -2.38. The number of aromatic nitrogens is 3. The average Bonchev–Trinajstić information content (AvgIpc) is 3.04. The fraction of sp³-hybridized carbons (Fsp3) is 0.118. The molecule has 1 heterocycles. The van der Waals surface area contributed by atoms with Crippen LogP contribution in [-0.4, -0.2) is 26.8 Å². The molecule has 1 aromatic heterocycles. The molecule has 0 aliphatic rings. The smallest absolute Gasteiger partial charge is 0.225 e. The maximum Gasteiger partial charge on any atom is 0.225 e. The maximum atomic E-state index is 13.7. The highest BCUT2D eigenvalue weighted by Crippen LogP contribution is 2.22. The van der Waals surface area contributed by atoms with Crippen LogP contribution in [0.25, 0.3) is 11.4 Å². The molecule has 0 bridgehead atoms. The van der Waals surface area contributed by atoms with Gasteiger partial charge in [-0.25, -0.2) is 9.37 Å². The van der Waals surface area contributed by atoms with E-state index in [1.54, 1.807) is 42.5 Å². The molecule has 0 fully saturated rings. The molecule has 0 saturated carbocycles.